The van der Waals surface area contributed by atoms with Gasteiger partial charge in [0.15, 0.2) is 0 Å². The summed E-state index contributed by atoms with van der Waals surface area (Å²) in [7, 11) is 1.80. The monoisotopic (exact) mass is 200 g/mol. The zero-order valence-corrected chi connectivity index (χ0v) is 8.81. The van der Waals surface area contributed by atoms with E-state index in [0.29, 0.717) is 6.61 Å². The normalized spacial score (nSPS) is 10.5. The summed E-state index contributed by atoms with van der Waals surface area (Å²) >= 11 is 0. The van der Waals surface area contributed by atoms with E-state index in [0.717, 1.165) is 17.7 Å². The Labute approximate surface area is 89.9 Å². The van der Waals surface area contributed by atoms with E-state index in [1.54, 1.807) is 7.05 Å². The maximum atomic E-state index is 5.67. The summed E-state index contributed by atoms with van der Waals surface area (Å²) in [5, 5.41) is 6.38. The van der Waals surface area contributed by atoms with Crippen LogP contribution in [0.1, 0.15) is 0 Å². The summed E-state index contributed by atoms with van der Waals surface area (Å²) < 4.78 is 5.67. The Morgan fingerprint density at radius 2 is 1.87 bits per heavy atom. The van der Waals surface area contributed by atoms with Crippen molar-refractivity contribution in [3.63, 3.8) is 0 Å². The summed E-state index contributed by atoms with van der Waals surface area (Å²) in [6, 6.07) is 14.3. The summed E-state index contributed by atoms with van der Waals surface area (Å²) in [5.41, 5.74) is 0. The van der Waals surface area contributed by atoms with E-state index in [9.17, 15) is 0 Å². The second-order valence-electron chi connectivity index (χ2n) is 3.37. The smallest absolute Gasteiger partial charge is 0.127 e. The van der Waals surface area contributed by atoms with E-state index < -0.39 is 0 Å². The van der Waals surface area contributed by atoms with Crippen LogP contribution >= 0.6 is 0 Å². The van der Waals surface area contributed by atoms with Crippen LogP contribution in [0.4, 0.5) is 0 Å². The SMILES string of the molecule is C[N]CCOc1cccc2ccccc12. The third-order valence-corrected chi connectivity index (χ3v) is 2.32. The Bertz CT molecular complexity index is 434. The first-order valence-electron chi connectivity index (χ1n) is 5.08. The summed E-state index contributed by atoms with van der Waals surface area (Å²) in [4.78, 5) is 0. The van der Waals surface area contributed by atoms with Crippen molar-refractivity contribution in [2.24, 2.45) is 0 Å². The van der Waals surface area contributed by atoms with Gasteiger partial charge in [-0.25, -0.2) is 5.32 Å². The van der Waals surface area contributed by atoms with Gasteiger partial charge in [-0.05, 0) is 11.5 Å². The van der Waals surface area contributed by atoms with Crippen LogP contribution < -0.4 is 10.1 Å². The van der Waals surface area contributed by atoms with Crippen molar-refractivity contribution in [1.82, 2.24) is 5.32 Å². The molecule has 0 saturated carbocycles. The zero-order chi connectivity index (χ0) is 10.5. The molecule has 0 N–H and O–H groups in total. The maximum absolute atomic E-state index is 5.67. The first kappa shape index (κ1) is 9.99. The summed E-state index contributed by atoms with van der Waals surface area (Å²) in [5.74, 6) is 0.941. The van der Waals surface area contributed by atoms with E-state index in [-0.39, 0.29) is 0 Å². The molecule has 2 heteroatoms. The second-order valence-corrected chi connectivity index (χ2v) is 3.37. The number of nitrogens with zero attached hydrogens (tertiary/aromatic N) is 1. The van der Waals surface area contributed by atoms with Crippen LogP contribution in [-0.2, 0) is 0 Å². The number of hydrogen-bond acceptors (Lipinski definition) is 1. The van der Waals surface area contributed by atoms with Crippen LogP contribution in [0.5, 0.6) is 5.75 Å². The van der Waals surface area contributed by atoms with Gasteiger partial charge in [-0.2, -0.15) is 0 Å². The predicted octanol–water partition coefficient (Wildman–Crippen LogP) is 2.45. The second kappa shape index (κ2) is 4.80. The number of fused-ring (bicyclic) bond motifs is 1. The van der Waals surface area contributed by atoms with Gasteiger partial charge in [-0.3, -0.25) is 0 Å². The molecule has 0 atom stereocenters. The highest BCUT2D eigenvalue weighted by molar-refractivity contribution is 5.88. The molecule has 15 heavy (non-hydrogen) atoms. The number of likely N-dealkylation sites (N-methyl/N-ethyl adjacent to an activating group) is 1. The van der Waals surface area contributed by atoms with Gasteiger partial charge in [0.05, 0.1) is 0 Å². The molecule has 2 aromatic rings. The lowest BCUT2D eigenvalue weighted by atomic mass is 10.1. The third kappa shape index (κ3) is 2.28. The Hall–Kier alpha value is -1.54. The molecule has 0 heterocycles. The highest BCUT2D eigenvalue weighted by Gasteiger charge is 1.99. The van der Waals surface area contributed by atoms with Gasteiger partial charge in [0.1, 0.15) is 12.4 Å². The molecule has 0 bridgehead atoms. The average Bonchev–Trinajstić information content (AvgIpc) is 2.30. The molecule has 0 spiro atoms. The Morgan fingerprint density at radius 3 is 2.73 bits per heavy atom. The van der Waals surface area contributed by atoms with Crippen LogP contribution in [0.15, 0.2) is 42.5 Å². The van der Waals surface area contributed by atoms with Crippen LogP contribution in [0.2, 0.25) is 0 Å². The topological polar surface area (TPSA) is 23.3 Å². The standard InChI is InChI=1S/C13H14NO/c1-14-9-10-15-13-8-4-6-11-5-2-3-7-12(11)13/h2-8H,9-10H2,1H3. The molecule has 0 fully saturated rings. The molecule has 2 rings (SSSR count). The van der Waals surface area contributed by atoms with Crippen LogP contribution in [-0.4, -0.2) is 20.2 Å². The van der Waals surface area contributed by atoms with Crippen molar-refractivity contribution < 1.29 is 4.74 Å². The van der Waals surface area contributed by atoms with Gasteiger partial charge in [0.25, 0.3) is 0 Å². The van der Waals surface area contributed by atoms with Gasteiger partial charge in [-0.15, -0.1) is 0 Å². The molecule has 0 aromatic heterocycles. The fourth-order valence-electron chi connectivity index (χ4n) is 1.57. The lowest BCUT2D eigenvalue weighted by molar-refractivity contribution is 0.321. The fourth-order valence-corrected chi connectivity index (χ4v) is 1.57. The lowest BCUT2D eigenvalue weighted by Crippen LogP contribution is -2.10. The predicted molar refractivity (Wildman–Crippen MR) is 62.4 cm³/mol. The van der Waals surface area contributed by atoms with Gasteiger partial charge < -0.3 is 4.74 Å². The molecule has 0 aliphatic heterocycles. The first-order chi connectivity index (χ1) is 7.42. The van der Waals surface area contributed by atoms with E-state index in [1.165, 1.54) is 5.39 Å². The number of hydrogen-bond donors (Lipinski definition) is 0. The zero-order valence-electron chi connectivity index (χ0n) is 8.81. The maximum Gasteiger partial charge on any atom is 0.127 e. The van der Waals surface area contributed by atoms with E-state index >= 15 is 0 Å². The molecule has 77 valence electrons. The van der Waals surface area contributed by atoms with Crippen LogP contribution in [0.3, 0.4) is 0 Å². The minimum Gasteiger partial charge on any atom is -0.492 e. The highest BCUT2D eigenvalue weighted by Crippen LogP contribution is 2.24. The molecular weight excluding hydrogens is 186 g/mol. The van der Waals surface area contributed by atoms with Crippen molar-refractivity contribution in [2.75, 3.05) is 20.2 Å². The fraction of sp³-hybridized carbons (Fsp3) is 0.231. The van der Waals surface area contributed by atoms with Crippen molar-refractivity contribution in [3.05, 3.63) is 42.5 Å². The van der Waals surface area contributed by atoms with Gasteiger partial charge >= 0.3 is 0 Å². The first-order valence-corrected chi connectivity index (χ1v) is 5.08. The van der Waals surface area contributed by atoms with Gasteiger partial charge in [0.2, 0.25) is 0 Å². The van der Waals surface area contributed by atoms with Crippen molar-refractivity contribution >= 4 is 10.8 Å². The molecule has 0 saturated heterocycles. The molecule has 2 aromatic carbocycles. The molecular formula is C13H14NO. The minimum absolute atomic E-state index is 0.643. The third-order valence-electron chi connectivity index (χ3n) is 2.32. The van der Waals surface area contributed by atoms with Gasteiger partial charge in [0, 0.05) is 19.0 Å². The molecule has 0 aliphatic rings. The molecule has 0 amide bonds. The van der Waals surface area contributed by atoms with Crippen molar-refractivity contribution in [2.45, 2.75) is 0 Å². The highest BCUT2D eigenvalue weighted by atomic mass is 16.5. The van der Waals surface area contributed by atoms with E-state index in [4.69, 9.17) is 4.74 Å². The minimum atomic E-state index is 0.643. The van der Waals surface area contributed by atoms with Crippen LogP contribution in [0.25, 0.3) is 10.8 Å². The van der Waals surface area contributed by atoms with Gasteiger partial charge in [-0.1, -0.05) is 36.4 Å². The van der Waals surface area contributed by atoms with E-state index in [2.05, 4.69) is 23.5 Å². The Kier molecular flexibility index (Phi) is 3.20. The average molecular weight is 200 g/mol. The molecule has 2 nitrogen and oxygen atoms in total. The summed E-state index contributed by atoms with van der Waals surface area (Å²) in [6.07, 6.45) is 0. The Balaban J connectivity index is 2.26. The molecule has 1 radical (unpaired) electrons. The molecule has 0 aliphatic carbocycles. The number of rotatable bonds is 4. The quantitative estimate of drug-likeness (QED) is 0.695. The number of ether oxygens (including phenoxy) is 1. The van der Waals surface area contributed by atoms with Crippen molar-refractivity contribution in [1.29, 1.82) is 0 Å². The molecule has 0 unspecified atom stereocenters. The van der Waals surface area contributed by atoms with Crippen LogP contribution in [0, 0.1) is 0 Å². The lowest BCUT2D eigenvalue weighted by Gasteiger charge is -2.08. The number of benzene rings is 2. The summed E-state index contributed by atoms with van der Waals surface area (Å²) in [6.45, 7) is 1.38. The largest absolute Gasteiger partial charge is 0.492 e. The van der Waals surface area contributed by atoms with Crippen molar-refractivity contribution in [3.8, 4) is 5.75 Å². The Morgan fingerprint density at radius 1 is 1.07 bits per heavy atom. The van der Waals surface area contributed by atoms with E-state index in [1.807, 2.05) is 24.3 Å².